The molecular formula is C26H29Cl2F3N4O2. The van der Waals surface area contributed by atoms with Crippen LogP contribution in [-0.2, 0) is 16.0 Å². The van der Waals surface area contributed by atoms with Crippen molar-refractivity contribution < 1.29 is 22.7 Å². The number of hydrogen-bond acceptors (Lipinski definition) is 6. The average Bonchev–Trinajstić information content (AvgIpc) is 3.25. The molecule has 3 fully saturated rings. The molecule has 200 valence electrons. The SMILES string of the molecule is O=C(O[C@@H]1C[C@H]2CN(C3CCN(c4cc(Cl)ccn4)CC3)[C@@H](Cc3ccc(Cl)cc3)CN2C1)C(F)(F)F. The Kier molecular flexibility index (Phi) is 7.86. The van der Waals surface area contributed by atoms with Crippen LogP contribution >= 0.6 is 23.2 Å². The third-order valence-electron chi connectivity index (χ3n) is 7.68. The van der Waals surface area contributed by atoms with Gasteiger partial charge in [0, 0.05) is 73.5 Å². The van der Waals surface area contributed by atoms with E-state index in [4.69, 9.17) is 27.9 Å². The normalized spacial score (nSPS) is 25.8. The predicted octanol–water partition coefficient (Wildman–Crippen LogP) is 4.83. The van der Waals surface area contributed by atoms with Gasteiger partial charge in [-0.05, 0) is 49.1 Å². The van der Waals surface area contributed by atoms with Crippen molar-refractivity contribution in [2.24, 2.45) is 0 Å². The second-order valence-corrected chi connectivity index (χ2v) is 11.0. The van der Waals surface area contributed by atoms with E-state index in [0.717, 1.165) is 50.3 Å². The van der Waals surface area contributed by atoms with E-state index in [9.17, 15) is 18.0 Å². The Morgan fingerprint density at radius 3 is 2.41 bits per heavy atom. The van der Waals surface area contributed by atoms with Crippen molar-refractivity contribution in [2.75, 3.05) is 37.6 Å². The smallest absolute Gasteiger partial charge is 0.454 e. The van der Waals surface area contributed by atoms with E-state index in [1.54, 1.807) is 12.3 Å². The molecular weight excluding hydrogens is 528 g/mol. The van der Waals surface area contributed by atoms with Crippen molar-refractivity contribution in [2.45, 2.75) is 56.1 Å². The Labute approximate surface area is 224 Å². The second-order valence-electron chi connectivity index (χ2n) is 10.1. The van der Waals surface area contributed by atoms with Crippen LogP contribution in [0, 0.1) is 0 Å². The van der Waals surface area contributed by atoms with E-state index in [1.165, 1.54) is 0 Å². The molecule has 1 aromatic carbocycles. The van der Waals surface area contributed by atoms with Crippen molar-refractivity contribution >= 4 is 35.0 Å². The van der Waals surface area contributed by atoms with Crippen molar-refractivity contribution in [1.29, 1.82) is 0 Å². The highest BCUT2D eigenvalue weighted by molar-refractivity contribution is 6.31. The van der Waals surface area contributed by atoms with Gasteiger partial charge in [-0.3, -0.25) is 9.80 Å². The van der Waals surface area contributed by atoms with Gasteiger partial charge >= 0.3 is 12.1 Å². The molecule has 0 aliphatic carbocycles. The molecule has 5 rings (SSSR count). The lowest BCUT2D eigenvalue weighted by Crippen LogP contribution is -2.61. The summed E-state index contributed by atoms with van der Waals surface area (Å²) in [4.78, 5) is 22.9. The summed E-state index contributed by atoms with van der Waals surface area (Å²) in [5.74, 6) is -1.23. The topological polar surface area (TPSA) is 48.9 Å². The number of esters is 1. The molecule has 3 saturated heterocycles. The van der Waals surface area contributed by atoms with E-state index < -0.39 is 18.2 Å². The number of pyridine rings is 1. The molecule has 2 aromatic rings. The van der Waals surface area contributed by atoms with E-state index >= 15 is 0 Å². The number of fused-ring (bicyclic) bond motifs is 1. The van der Waals surface area contributed by atoms with Gasteiger partial charge in [0.1, 0.15) is 11.9 Å². The summed E-state index contributed by atoms with van der Waals surface area (Å²) in [6, 6.07) is 12.0. The summed E-state index contributed by atoms with van der Waals surface area (Å²) >= 11 is 12.2. The highest BCUT2D eigenvalue weighted by Gasteiger charge is 2.47. The van der Waals surface area contributed by atoms with Crippen LogP contribution in [0.25, 0.3) is 0 Å². The first kappa shape index (κ1) is 26.5. The maximum atomic E-state index is 12.8. The van der Waals surface area contributed by atoms with Gasteiger partial charge in [0.2, 0.25) is 0 Å². The molecule has 6 nitrogen and oxygen atoms in total. The molecule has 0 saturated carbocycles. The lowest BCUT2D eigenvalue weighted by Gasteiger charge is -2.49. The van der Waals surface area contributed by atoms with Crippen LogP contribution in [-0.4, -0.2) is 83.9 Å². The average molecular weight is 557 g/mol. The Morgan fingerprint density at radius 1 is 1.00 bits per heavy atom. The first-order valence-corrected chi connectivity index (χ1v) is 13.3. The van der Waals surface area contributed by atoms with E-state index in [-0.39, 0.29) is 12.1 Å². The molecule has 3 atom stereocenters. The minimum Gasteiger partial charge on any atom is -0.454 e. The van der Waals surface area contributed by atoms with Crippen molar-refractivity contribution in [3.63, 3.8) is 0 Å². The molecule has 4 heterocycles. The molecule has 0 N–H and O–H groups in total. The molecule has 37 heavy (non-hydrogen) atoms. The monoisotopic (exact) mass is 556 g/mol. The number of anilines is 1. The molecule has 0 radical (unpaired) electrons. The van der Waals surface area contributed by atoms with Crippen LogP contribution < -0.4 is 4.90 Å². The molecule has 0 unspecified atom stereocenters. The highest BCUT2D eigenvalue weighted by atomic mass is 35.5. The standard InChI is InChI=1S/C26H29Cl2F3N4O2/c27-18-3-1-17(2-4-18)11-22-14-34-16-23(37-25(36)26(29,30)31)13-21(34)15-35(22)20-6-9-33(10-7-20)24-12-19(28)5-8-32-24/h1-5,8,12,20-23H,6-7,9-11,13-16H2/t21-,22-,23+/m0/s1. The molecule has 11 heteroatoms. The Hall–Kier alpha value is -2.07. The summed E-state index contributed by atoms with van der Waals surface area (Å²) in [6.07, 6.45) is -0.882. The number of benzene rings is 1. The Balaban J connectivity index is 1.28. The summed E-state index contributed by atoms with van der Waals surface area (Å²) in [7, 11) is 0. The zero-order valence-electron chi connectivity index (χ0n) is 20.2. The van der Waals surface area contributed by atoms with Crippen molar-refractivity contribution in [3.05, 3.63) is 58.2 Å². The van der Waals surface area contributed by atoms with E-state index in [0.29, 0.717) is 35.6 Å². The Morgan fingerprint density at radius 2 is 1.73 bits per heavy atom. The first-order chi connectivity index (χ1) is 17.7. The van der Waals surface area contributed by atoms with Gasteiger partial charge in [0.15, 0.2) is 0 Å². The number of alkyl halides is 3. The van der Waals surface area contributed by atoms with Crippen LogP contribution in [0.15, 0.2) is 42.6 Å². The summed E-state index contributed by atoms with van der Waals surface area (Å²) in [6.45, 7) is 3.48. The highest BCUT2D eigenvalue weighted by Crippen LogP contribution is 2.33. The van der Waals surface area contributed by atoms with Crippen molar-refractivity contribution in [1.82, 2.24) is 14.8 Å². The van der Waals surface area contributed by atoms with Crippen molar-refractivity contribution in [3.8, 4) is 0 Å². The number of carbonyl (C=O) groups is 1. The minimum absolute atomic E-state index is 0.0557. The zero-order chi connectivity index (χ0) is 26.2. The lowest BCUT2D eigenvalue weighted by atomic mass is 9.94. The Bertz CT molecular complexity index is 1100. The van der Waals surface area contributed by atoms with Crippen LogP contribution in [0.2, 0.25) is 10.0 Å². The number of piperidine rings is 1. The molecule has 0 spiro atoms. The predicted molar refractivity (Wildman–Crippen MR) is 136 cm³/mol. The lowest BCUT2D eigenvalue weighted by molar-refractivity contribution is -0.204. The van der Waals surface area contributed by atoms with Crippen LogP contribution in [0.5, 0.6) is 0 Å². The summed E-state index contributed by atoms with van der Waals surface area (Å²) in [5.41, 5.74) is 1.16. The quantitative estimate of drug-likeness (QED) is 0.491. The molecule has 0 bridgehead atoms. The number of rotatable bonds is 5. The fraction of sp³-hybridized carbons (Fsp3) is 0.538. The maximum absolute atomic E-state index is 12.8. The second kappa shape index (κ2) is 11.0. The maximum Gasteiger partial charge on any atom is 0.490 e. The number of ether oxygens (including phenoxy) is 1. The third kappa shape index (κ3) is 6.33. The molecule has 1 aromatic heterocycles. The summed E-state index contributed by atoms with van der Waals surface area (Å²) in [5, 5.41) is 1.34. The van der Waals surface area contributed by atoms with Gasteiger partial charge in [0.05, 0.1) is 0 Å². The van der Waals surface area contributed by atoms with Gasteiger partial charge in [0.25, 0.3) is 0 Å². The van der Waals surface area contributed by atoms with Crippen LogP contribution in [0.3, 0.4) is 0 Å². The summed E-state index contributed by atoms with van der Waals surface area (Å²) < 4.78 is 43.1. The zero-order valence-corrected chi connectivity index (χ0v) is 21.7. The van der Waals surface area contributed by atoms with Gasteiger partial charge in [-0.1, -0.05) is 35.3 Å². The fourth-order valence-corrected chi connectivity index (χ4v) is 6.22. The molecule has 0 amide bonds. The van der Waals surface area contributed by atoms with Gasteiger partial charge in [-0.15, -0.1) is 0 Å². The minimum atomic E-state index is -4.97. The van der Waals surface area contributed by atoms with Gasteiger partial charge in [-0.2, -0.15) is 13.2 Å². The van der Waals surface area contributed by atoms with Crippen LogP contribution in [0.4, 0.5) is 19.0 Å². The molecule has 3 aliphatic heterocycles. The number of halogens is 5. The fourth-order valence-electron chi connectivity index (χ4n) is 5.94. The number of nitrogens with zero attached hydrogens (tertiary/aromatic N) is 4. The number of aromatic nitrogens is 1. The number of piperazine rings is 1. The van der Waals surface area contributed by atoms with E-state index in [2.05, 4.69) is 19.7 Å². The van der Waals surface area contributed by atoms with Gasteiger partial charge in [-0.25, -0.2) is 9.78 Å². The number of carbonyl (C=O) groups excluding carboxylic acids is 1. The van der Waals surface area contributed by atoms with Gasteiger partial charge < -0.3 is 9.64 Å². The number of hydrogen-bond donors (Lipinski definition) is 0. The largest absolute Gasteiger partial charge is 0.490 e. The third-order valence-corrected chi connectivity index (χ3v) is 8.17. The first-order valence-electron chi connectivity index (χ1n) is 12.5. The van der Waals surface area contributed by atoms with E-state index in [1.807, 2.05) is 30.3 Å². The van der Waals surface area contributed by atoms with Crippen LogP contribution in [0.1, 0.15) is 24.8 Å². The molecule has 3 aliphatic rings.